The zero-order valence-electron chi connectivity index (χ0n) is 15.0. The largest absolute Gasteiger partial charge is 0.493 e. The Labute approximate surface area is 148 Å². The molecule has 1 aromatic heterocycles. The molecule has 0 radical (unpaired) electrons. The number of benzene rings is 1. The SMILES string of the molecule is CCCOc1ccccc1C(=O)Nc1cc(C)nn1CCC.NC=O. The Kier molecular flexibility index (Phi) is 8.78. The van der Waals surface area contributed by atoms with Crippen LogP contribution >= 0.6 is 0 Å². The highest BCUT2D eigenvalue weighted by atomic mass is 16.5. The van der Waals surface area contributed by atoms with E-state index in [1.165, 1.54) is 0 Å². The van der Waals surface area contributed by atoms with E-state index < -0.39 is 0 Å². The van der Waals surface area contributed by atoms with Gasteiger partial charge in [-0.2, -0.15) is 5.10 Å². The van der Waals surface area contributed by atoms with Crippen molar-refractivity contribution in [2.75, 3.05) is 11.9 Å². The van der Waals surface area contributed by atoms with Crippen LogP contribution in [-0.4, -0.2) is 28.7 Å². The van der Waals surface area contributed by atoms with Gasteiger partial charge in [0.2, 0.25) is 6.41 Å². The van der Waals surface area contributed by atoms with Crippen molar-refractivity contribution in [1.82, 2.24) is 9.78 Å². The van der Waals surface area contributed by atoms with Crippen molar-refractivity contribution in [1.29, 1.82) is 0 Å². The summed E-state index contributed by atoms with van der Waals surface area (Å²) in [6.07, 6.45) is 2.11. The van der Waals surface area contributed by atoms with E-state index in [2.05, 4.69) is 23.1 Å². The maximum absolute atomic E-state index is 12.5. The maximum atomic E-state index is 12.5. The smallest absolute Gasteiger partial charge is 0.260 e. The van der Waals surface area contributed by atoms with Gasteiger partial charge in [-0.3, -0.25) is 9.59 Å². The molecule has 2 rings (SSSR count). The lowest BCUT2D eigenvalue weighted by molar-refractivity contribution is -0.106. The number of ether oxygens (including phenoxy) is 1. The molecule has 0 atom stereocenters. The Morgan fingerprint density at radius 3 is 2.64 bits per heavy atom. The van der Waals surface area contributed by atoms with Crippen molar-refractivity contribution in [3.63, 3.8) is 0 Å². The molecule has 0 aliphatic rings. The summed E-state index contributed by atoms with van der Waals surface area (Å²) >= 11 is 0. The Morgan fingerprint density at radius 1 is 1.32 bits per heavy atom. The van der Waals surface area contributed by atoms with Gasteiger partial charge in [0.25, 0.3) is 5.91 Å². The van der Waals surface area contributed by atoms with Crippen LogP contribution < -0.4 is 15.8 Å². The number of aromatic nitrogens is 2. The number of nitrogens with two attached hydrogens (primary N) is 1. The van der Waals surface area contributed by atoms with Crippen LogP contribution in [0.25, 0.3) is 0 Å². The van der Waals surface area contributed by atoms with Gasteiger partial charge in [0.15, 0.2) is 0 Å². The highest BCUT2D eigenvalue weighted by Crippen LogP contribution is 2.20. The molecule has 0 saturated carbocycles. The molecule has 0 aliphatic heterocycles. The fourth-order valence-corrected chi connectivity index (χ4v) is 2.20. The van der Waals surface area contributed by atoms with E-state index in [1.807, 2.05) is 42.8 Å². The second-order valence-electron chi connectivity index (χ2n) is 5.33. The molecule has 2 aromatic rings. The second-order valence-corrected chi connectivity index (χ2v) is 5.33. The summed E-state index contributed by atoms with van der Waals surface area (Å²) in [4.78, 5) is 21.1. The number of primary amides is 1. The summed E-state index contributed by atoms with van der Waals surface area (Å²) in [7, 11) is 0. The van der Waals surface area contributed by atoms with Crippen molar-refractivity contribution >= 4 is 18.1 Å². The van der Waals surface area contributed by atoms with Crippen molar-refractivity contribution in [3.8, 4) is 5.75 Å². The van der Waals surface area contributed by atoms with Crippen molar-refractivity contribution in [2.24, 2.45) is 5.73 Å². The number of nitrogens with one attached hydrogen (secondary N) is 1. The first kappa shape index (κ1) is 20.2. The molecule has 3 N–H and O–H groups in total. The number of nitrogens with zero attached hydrogens (tertiary/aromatic N) is 2. The predicted octanol–water partition coefficient (Wildman–Crippen LogP) is 2.74. The average molecular weight is 346 g/mol. The first-order valence-corrected chi connectivity index (χ1v) is 8.30. The number of anilines is 1. The minimum atomic E-state index is -0.177. The standard InChI is InChI=1S/C17H23N3O2.CH3NO/c1-4-10-20-16(12-13(3)19-20)18-17(21)14-8-6-7-9-15(14)22-11-5-2;2-1-3/h6-9,12H,4-5,10-11H2,1-3H3,(H,18,21);1H,(H2,2,3). The molecule has 0 fully saturated rings. The van der Waals surface area contributed by atoms with Crippen molar-refractivity contribution in [3.05, 3.63) is 41.6 Å². The minimum absolute atomic E-state index is 0.177. The third kappa shape index (κ3) is 6.29. The van der Waals surface area contributed by atoms with Crippen molar-refractivity contribution < 1.29 is 14.3 Å². The van der Waals surface area contributed by atoms with Gasteiger partial charge in [0.05, 0.1) is 17.9 Å². The van der Waals surface area contributed by atoms with E-state index >= 15 is 0 Å². The summed E-state index contributed by atoms with van der Waals surface area (Å²) in [6, 6.07) is 9.17. The molecular weight excluding hydrogens is 320 g/mol. The molecule has 0 spiro atoms. The van der Waals surface area contributed by atoms with Gasteiger partial charge in [0.1, 0.15) is 11.6 Å². The lowest BCUT2D eigenvalue weighted by atomic mass is 10.2. The monoisotopic (exact) mass is 346 g/mol. The molecule has 0 unspecified atom stereocenters. The number of para-hydroxylation sites is 1. The van der Waals surface area contributed by atoms with Crippen LogP contribution in [0.1, 0.15) is 42.7 Å². The highest BCUT2D eigenvalue weighted by Gasteiger charge is 2.14. The van der Waals surface area contributed by atoms with Gasteiger partial charge >= 0.3 is 0 Å². The van der Waals surface area contributed by atoms with Crippen LogP contribution in [0.5, 0.6) is 5.75 Å². The fraction of sp³-hybridized carbons (Fsp3) is 0.389. The fourth-order valence-electron chi connectivity index (χ4n) is 2.20. The second kappa shape index (κ2) is 10.9. The lowest BCUT2D eigenvalue weighted by Gasteiger charge is -2.12. The lowest BCUT2D eigenvalue weighted by Crippen LogP contribution is -2.17. The minimum Gasteiger partial charge on any atom is -0.493 e. The number of aryl methyl sites for hydroxylation is 2. The molecule has 7 heteroatoms. The maximum Gasteiger partial charge on any atom is 0.260 e. The third-order valence-electron chi connectivity index (χ3n) is 3.17. The van der Waals surface area contributed by atoms with Gasteiger partial charge in [-0.25, -0.2) is 4.68 Å². The van der Waals surface area contributed by atoms with Crippen molar-refractivity contribution in [2.45, 2.75) is 40.2 Å². The van der Waals surface area contributed by atoms with Gasteiger partial charge < -0.3 is 15.8 Å². The van der Waals surface area contributed by atoms with E-state index in [9.17, 15) is 4.79 Å². The van der Waals surface area contributed by atoms with Crippen LogP contribution in [0.3, 0.4) is 0 Å². The van der Waals surface area contributed by atoms with Gasteiger partial charge in [-0.15, -0.1) is 0 Å². The highest BCUT2D eigenvalue weighted by molar-refractivity contribution is 6.05. The molecule has 136 valence electrons. The average Bonchev–Trinajstić information content (AvgIpc) is 2.93. The number of carbonyl (C=O) groups is 2. The molecule has 1 aromatic carbocycles. The topological polar surface area (TPSA) is 99.2 Å². The normalized spacial score (nSPS) is 9.72. The quantitative estimate of drug-likeness (QED) is 0.753. The number of hydrogen-bond acceptors (Lipinski definition) is 4. The molecule has 2 amide bonds. The summed E-state index contributed by atoms with van der Waals surface area (Å²) in [5.74, 6) is 1.15. The predicted molar refractivity (Wildman–Crippen MR) is 97.7 cm³/mol. The first-order valence-electron chi connectivity index (χ1n) is 8.30. The van der Waals surface area contributed by atoms with Crippen LogP contribution in [0, 0.1) is 6.92 Å². The van der Waals surface area contributed by atoms with Gasteiger partial charge in [0, 0.05) is 12.6 Å². The molecule has 0 aliphatic carbocycles. The van der Waals surface area contributed by atoms with E-state index in [0.717, 1.165) is 30.9 Å². The molecule has 1 heterocycles. The first-order chi connectivity index (χ1) is 12.1. The Bertz CT molecular complexity index is 683. The summed E-state index contributed by atoms with van der Waals surface area (Å²) in [5, 5.41) is 7.32. The van der Waals surface area contributed by atoms with Gasteiger partial charge in [-0.05, 0) is 31.9 Å². The van der Waals surface area contributed by atoms with Crippen LogP contribution in [0.4, 0.5) is 5.82 Å². The third-order valence-corrected chi connectivity index (χ3v) is 3.17. The zero-order valence-corrected chi connectivity index (χ0v) is 15.0. The van der Waals surface area contributed by atoms with E-state index in [1.54, 1.807) is 6.07 Å². The van der Waals surface area contributed by atoms with E-state index in [4.69, 9.17) is 9.53 Å². The van der Waals surface area contributed by atoms with Crippen LogP contribution in [-0.2, 0) is 11.3 Å². The summed E-state index contributed by atoms with van der Waals surface area (Å²) < 4.78 is 7.47. The molecule has 0 saturated heterocycles. The Balaban J connectivity index is 0.000000970. The summed E-state index contributed by atoms with van der Waals surface area (Å²) in [6.45, 7) is 7.40. The molecule has 7 nitrogen and oxygen atoms in total. The number of amides is 2. The zero-order chi connectivity index (χ0) is 18.7. The molecule has 0 bridgehead atoms. The Hall–Kier alpha value is -2.83. The number of rotatable bonds is 7. The molecule has 25 heavy (non-hydrogen) atoms. The molecular formula is C18H26N4O3. The Morgan fingerprint density at radius 2 is 2.00 bits per heavy atom. The number of hydrogen-bond donors (Lipinski definition) is 2. The van der Waals surface area contributed by atoms with Crippen LogP contribution in [0.2, 0.25) is 0 Å². The summed E-state index contributed by atoms with van der Waals surface area (Å²) in [5.41, 5.74) is 5.59. The van der Waals surface area contributed by atoms with E-state index in [-0.39, 0.29) is 12.3 Å². The number of carbonyl (C=O) groups excluding carboxylic acids is 2. The van der Waals surface area contributed by atoms with Crippen LogP contribution in [0.15, 0.2) is 30.3 Å². The van der Waals surface area contributed by atoms with E-state index in [0.29, 0.717) is 17.9 Å². The van der Waals surface area contributed by atoms with Gasteiger partial charge in [-0.1, -0.05) is 26.0 Å².